The minimum Gasteiger partial charge on any atom is -0.478 e. The molecule has 3 N–H and O–H groups in total. The van der Waals surface area contributed by atoms with Crippen LogP contribution in [0.1, 0.15) is 83.5 Å². The number of nitrogens with two attached hydrogens (primary N) is 1. The Kier molecular flexibility index (Phi) is 6.38. The molecule has 4 nitrogen and oxygen atoms in total. The number of allylic oxidation sites excluding steroid dienone is 1. The van der Waals surface area contributed by atoms with E-state index in [1.165, 1.54) is 38.5 Å². The average Bonchev–Trinajstić information content (AvgIpc) is 2.66. The van der Waals surface area contributed by atoms with E-state index in [1.807, 2.05) is 12.1 Å². The zero-order valence-electron chi connectivity index (χ0n) is 19.6. The molecule has 1 aromatic rings. The molecule has 0 aliphatic heterocycles. The Labute approximate surface area is 182 Å². The minimum atomic E-state index is -0.879. The summed E-state index contributed by atoms with van der Waals surface area (Å²) in [6, 6.07) is 6.96. The van der Waals surface area contributed by atoms with Gasteiger partial charge in [-0.25, -0.2) is 4.79 Å². The molecular formula is C26H40N2O2. The number of carboxylic acids is 1. The Balaban J connectivity index is 0.000000173. The zero-order chi connectivity index (χ0) is 22.2. The summed E-state index contributed by atoms with van der Waals surface area (Å²) >= 11 is 0. The monoisotopic (exact) mass is 412 g/mol. The van der Waals surface area contributed by atoms with E-state index in [9.17, 15) is 4.79 Å². The van der Waals surface area contributed by atoms with Crippen LogP contribution >= 0.6 is 0 Å². The maximum Gasteiger partial charge on any atom is 0.335 e. The maximum atomic E-state index is 10.6. The van der Waals surface area contributed by atoms with E-state index >= 15 is 0 Å². The lowest BCUT2D eigenvalue weighted by Gasteiger charge is -2.72. The Morgan fingerprint density at radius 2 is 1.63 bits per heavy atom. The van der Waals surface area contributed by atoms with Crippen LogP contribution in [0.5, 0.6) is 0 Å². The van der Waals surface area contributed by atoms with E-state index in [1.54, 1.807) is 23.3 Å². The van der Waals surface area contributed by atoms with Crippen molar-refractivity contribution in [1.82, 2.24) is 0 Å². The van der Waals surface area contributed by atoms with Crippen molar-refractivity contribution in [3.63, 3.8) is 0 Å². The topological polar surface area (TPSA) is 66.6 Å². The molecule has 4 aliphatic rings. The summed E-state index contributed by atoms with van der Waals surface area (Å²) < 4.78 is 0. The zero-order valence-corrected chi connectivity index (χ0v) is 19.6. The molecule has 0 spiro atoms. The van der Waals surface area contributed by atoms with Gasteiger partial charge in [-0.15, -0.1) is 0 Å². The molecule has 30 heavy (non-hydrogen) atoms. The van der Waals surface area contributed by atoms with E-state index < -0.39 is 5.97 Å². The van der Waals surface area contributed by atoms with Gasteiger partial charge in [-0.2, -0.15) is 0 Å². The fourth-order valence-corrected chi connectivity index (χ4v) is 6.14. The second-order valence-corrected chi connectivity index (χ2v) is 10.8. The van der Waals surface area contributed by atoms with Crippen molar-refractivity contribution in [3.05, 3.63) is 41.0 Å². The second kappa shape index (κ2) is 8.37. The van der Waals surface area contributed by atoms with Crippen molar-refractivity contribution in [2.45, 2.75) is 73.1 Å². The van der Waals surface area contributed by atoms with E-state index in [2.05, 4.69) is 39.5 Å². The van der Waals surface area contributed by atoms with Gasteiger partial charge in [-0.3, -0.25) is 0 Å². The van der Waals surface area contributed by atoms with Crippen LogP contribution in [0.2, 0.25) is 0 Å². The number of nitrogens with zero attached hydrogens (tertiary/aromatic N) is 1. The highest BCUT2D eigenvalue weighted by atomic mass is 16.4. The molecule has 0 heterocycles. The largest absolute Gasteiger partial charge is 0.478 e. The molecule has 0 atom stereocenters. The average molecular weight is 413 g/mol. The minimum absolute atomic E-state index is 0.334. The third kappa shape index (κ3) is 4.44. The van der Waals surface area contributed by atoms with Crippen molar-refractivity contribution in [2.75, 3.05) is 24.5 Å². The molecule has 2 bridgehead atoms. The lowest BCUT2D eigenvalue weighted by atomic mass is 9.33. The molecule has 5 rings (SSSR count). The molecule has 0 aromatic heterocycles. The van der Waals surface area contributed by atoms with Gasteiger partial charge in [0.1, 0.15) is 0 Å². The van der Waals surface area contributed by atoms with Crippen LogP contribution in [0.25, 0.3) is 0 Å². The van der Waals surface area contributed by atoms with E-state index in [0.717, 1.165) is 25.3 Å². The van der Waals surface area contributed by atoms with Gasteiger partial charge >= 0.3 is 5.97 Å². The summed E-state index contributed by atoms with van der Waals surface area (Å²) in [6.45, 7) is 14.1. The maximum absolute atomic E-state index is 10.6. The van der Waals surface area contributed by atoms with Gasteiger partial charge in [0.2, 0.25) is 0 Å². The van der Waals surface area contributed by atoms with Crippen LogP contribution in [-0.2, 0) is 0 Å². The molecular weight excluding hydrogens is 372 g/mol. The Hall–Kier alpha value is -1.81. The van der Waals surface area contributed by atoms with Crippen molar-refractivity contribution >= 4 is 11.7 Å². The number of carbonyl (C=O) groups is 1. The SMILES string of the molecule is CC1(C)CCC(CN)=C(C23CC(C)(C2)C3)C1.CCN(CC)c1ccc(C(=O)O)cc1. The summed E-state index contributed by atoms with van der Waals surface area (Å²) in [6.07, 6.45) is 8.27. The van der Waals surface area contributed by atoms with Crippen LogP contribution in [-0.4, -0.2) is 30.7 Å². The molecule has 1 aromatic carbocycles. The van der Waals surface area contributed by atoms with Gasteiger partial charge in [-0.1, -0.05) is 31.9 Å². The first-order valence-electron chi connectivity index (χ1n) is 11.6. The molecule has 4 heteroatoms. The van der Waals surface area contributed by atoms with Gasteiger partial charge in [0.25, 0.3) is 0 Å². The predicted molar refractivity (Wildman–Crippen MR) is 125 cm³/mol. The molecule has 0 radical (unpaired) electrons. The number of carboxylic acid groups (broad SMARTS) is 1. The van der Waals surface area contributed by atoms with Gasteiger partial charge in [0.05, 0.1) is 5.56 Å². The van der Waals surface area contributed by atoms with Crippen LogP contribution < -0.4 is 10.6 Å². The lowest BCUT2D eigenvalue weighted by molar-refractivity contribution is -0.167. The molecule has 4 aliphatic carbocycles. The highest BCUT2D eigenvalue weighted by Crippen LogP contribution is 2.77. The third-order valence-corrected chi connectivity index (χ3v) is 7.61. The standard InChI is InChI=1S/C15H25N.C11H15NO2/c1-13(2)5-4-11(7-16)12(6-13)15-8-14(3,9-15)10-15;1-3-12(4-2)10-7-5-9(6-8-10)11(13)14/h4-10,16H2,1-3H3;5-8H,3-4H2,1-2H3,(H,13,14). The van der Waals surface area contributed by atoms with Gasteiger partial charge < -0.3 is 15.7 Å². The van der Waals surface area contributed by atoms with Crippen molar-refractivity contribution in [1.29, 1.82) is 0 Å². The van der Waals surface area contributed by atoms with Gasteiger partial charge in [0.15, 0.2) is 0 Å². The van der Waals surface area contributed by atoms with Crippen molar-refractivity contribution < 1.29 is 9.90 Å². The van der Waals surface area contributed by atoms with Crippen molar-refractivity contribution in [2.24, 2.45) is 22.0 Å². The Morgan fingerprint density at radius 3 is 2.07 bits per heavy atom. The number of benzene rings is 1. The molecule has 0 saturated heterocycles. The highest BCUT2D eigenvalue weighted by molar-refractivity contribution is 5.88. The number of hydrogen-bond donors (Lipinski definition) is 2. The Bertz CT molecular complexity index is 783. The summed E-state index contributed by atoms with van der Waals surface area (Å²) in [4.78, 5) is 12.8. The predicted octanol–water partition coefficient (Wildman–Crippen LogP) is 5.87. The summed E-state index contributed by atoms with van der Waals surface area (Å²) in [7, 11) is 0. The van der Waals surface area contributed by atoms with Crippen LogP contribution in [0.4, 0.5) is 5.69 Å². The van der Waals surface area contributed by atoms with E-state index in [0.29, 0.717) is 21.8 Å². The normalized spacial score (nSPS) is 28.6. The summed E-state index contributed by atoms with van der Waals surface area (Å²) in [5.41, 5.74) is 12.6. The number of hydrogen-bond acceptors (Lipinski definition) is 3. The number of anilines is 1. The highest BCUT2D eigenvalue weighted by Gasteiger charge is 2.66. The summed E-state index contributed by atoms with van der Waals surface area (Å²) in [5.74, 6) is -0.879. The molecule has 3 saturated carbocycles. The van der Waals surface area contributed by atoms with Crippen LogP contribution in [0, 0.1) is 16.2 Å². The number of aromatic carboxylic acids is 1. The molecule has 166 valence electrons. The smallest absolute Gasteiger partial charge is 0.335 e. The van der Waals surface area contributed by atoms with E-state index in [4.69, 9.17) is 10.8 Å². The molecule has 0 amide bonds. The third-order valence-electron chi connectivity index (χ3n) is 7.61. The first kappa shape index (κ1) is 22.9. The first-order valence-corrected chi connectivity index (χ1v) is 11.6. The van der Waals surface area contributed by atoms with Crippen molar-refractivity contribution in [3.8, 4) is 0 Å². The lowest BCUT2D eigenvalue weighted by Crippen LogP contribution is -2.61. The molecule has 0 unspecified atom stereocenters. The molecule has 3 fully saturated rings. The second-order valence-electron chi connectivity index (χ2n) is 10.8. The summed E-state index contributed by atoms with van der Waals surface area (Å²) in [5, 5.41) is 8.72. The van der Waals surface area contributed by atoms with Gasteiger partial charge in [-0.05, 0) is 92.9 Å². The number of rotatable bonds is 6. The first-order chi connectivity index (χ1) is 14.1. The Morgan fingerprint density at radius 1 is 1.07 bits per heavy atom. The van der Waals surface area contributed by atoms with E-state index in [-0.39, 0.29) is 0 Å². The quantitative estimate of drug-likeness (QED) is 0.573. The van der Waals surface area contributed by atoms with Crippen LogP contribution in [0.15, 0.2) is 35.4 Å². The fraction of sp³-hybridized carbons (Fsp3) is 0.654. The van der Waals surface area contributed by atoms with Crippen LogP contribution in [0.3, 0.4) is 0 Å². The van der Waals surface area contributed by atoms with Gasteiger partial charge in [0, 0.05) is 25.3 Å². The fourth-order valence-electron chi connectivity index (χ4n) is 6.14.